The SMILES string of the molecule is COc1cc(CNC(CO)C(C)C)cc(OC)c1OC. The Labute approximate surface area is 120 Å². The zero-order valence-corrected chi connectivity index (χ0v) is 12.9. The Balaban J connectivity index is 2.90. The number of nitrogens with one attached hydrogen (secondary N) is 1. The van der Waals surface area contributed by atoms with E-state index >= 15 is 0 Å². The molecule has 20 heavy (non-hydrogen) atoms. The molecule has 0 aliphatic heterocycles. The lowest BCUT2D eigenvalue weighted by Crippen LogP contribution is -2.36. The van der Waals surface area contributed by atoms with Gasteiger partial charge >= 0.3 is 0 Å². The van der Waals surface area contributed by atoms with Crippen LogP contribution in [-0.4, -0.2) is 39.1 Å². The van der Waals surface area contributed by atoms with Crippen LogP contribution in [0, 0.1) is 5.92 Å². The lowest BCUT2D eigenvalue weighted by molar-refractivity contribution is 0.210. The van der Waals surface area contributed by atoms with Gasteiger partial charge < -0.3 is 24.6 Å². The largest absolute Gasteiger partial charge is 0.493 e. The number of methoxy groups -OCH3 is 3. The van der Waals surface area contributed by atoms with Crippen LogP contribution in [0.25, 0.3) is 0 Å². The fourth-order valence-electron chi connectivity index (χ4n) is 2.00. The molecule has 0 bridgehead atoms. The molecule has 2 N–H and O–H groups in total. The summed E-state index contributed by atoms with van der Waals surface area (Å²) in [7, 11) is 4.77. The van der Waals surface area contributed by atoms with E-state index in [4.69, 9.17) is 14.2 Å². The normalized spacial score (nSPS) is 12.3. The Hall–Kier alpha value is -1.46. The molecular weight excluding hydrogens is 258 g/mol. The van der Waals surface area contributed by atoms with Crippen molar-refractivity contribution in [2.75, 3.05) is 27.9 Å². The molecule has 0 saturated carbocycles. The predicted octanol–water partition coefficient (Wildman–Crippen LogP) is 1.82. The molecule has 1 rings (SSSR count). The van der Waals surface area contributed by atoms with Gasteiger partial charge in [0.1, 0.15) is 0 Å². The van der Waals surface area contributed by atoms with Gasteiger partial charge in [0.25, 0.3) is 0 Å². The van der Waals surface area contributed by atoms with E-state index < -0.39 is 0 Å². The van der Waals surface area contributed by atoms with E-state index in [2.05, 4.69) is 19.2 Å². The summed E-state index contributed by atoms with van der Waals surface area (Å²) in [6, 6.07) is 3.88. The van der Waals surface area contributed by atoms with E-state index in [0.717, 1.165) is 5.56 Å². The van der Waals surface area contributed by atoms with Crippen LogP contribution in [0.1, 0.15) is 19.4 Å². The van der Waals surface area contributed by atoms with Crippen LogP contribution in [0.2, 0.25) is 0 Å². The van der Waals surface area contributed by atoms with Crippen LogP contribution in [0.3, 0.4) is 0 Å². The van der Waals surface area contributed by atoms with Gasteiger partial charge in [-0.2, -0.15) is 0 Å². The van der Waals surface area contributed by atoms with Gasteiger partial charge in [0, 0.05) is 12.6 Å². The van der Waals surface area contributed by atoms with Gasteiger partial charge in [0.2, 0.25) is 5.75 Å². The summed E-state index contributed by atoms with van der Waals surface area (Å²) in [6.07, 6.45) is 0. The molecule has 0 radical (unpaired) electrons. The van der Waals surface area contributed by atoms with Crippen molar-refractivity contribution in [1.29, 1.82) is 0 Å². The Morgan fingerprint density at radius 3 is 1.95 bits per heavy atom. The maximum Gasteiger partial charge on any atom is 0.203 e. The number of rotatable bonds is 8. The fourth-order valence-corrected chi connectivity index (χ4v) is 2.00. The molecule has 0 heterocycles. The number of benzene rings is 1. The minimum atomic E-state index is 0.0640. The third-order valence-corrected chi connectivity index (χ3v) is 3.29. The number of aliphatic hydroxyl groups is 1. The number of hydrogen-bond acceptors (Lipinski definition) is 5. The second-order valence-electron chi connectivity index (χ2n) is 4.95. The smallest absolute Gasteiger partial charge is 0.203 e. The maximum absolute atomic E-state index is 9.33. The zero-order valence-electron chi connectivity index (χ0n) is 12.9. The molecule has 0 spiro atoms. The fraction of sp³-hybridized carbons (Fsp3) is 0.600. The highest BCUT2D eigenvalue weighted by Gasteiger charge is 2.15. The van der Waals surface area contributed by atoms with E-state index in [1.54, 1.807) is 21.3 Å². The van der Waals surface area contributed by atoms with E-state index in [1.165, 1.54) is 0 Å². The van der Waals surface area contributed by atoms with Crippen molar-refractivity contribution in [3.05, 3.63) is 17.7 Å². The van der Waals surface area contributed by atoms with Gasteiger partial charge in [-0.25, -0.2) is 0 Å². The lowest BCUT2D eigenvalue weighted by Gasteiger charge is -2.21. The van der Waals surface area contributed by atoms with Gasteiger partial charge in [0.05, 0.1) is 27.9 Å². The molecule has 0 fully saturated rings. The topological polar surface area (TPSA) is 60.0 Å². The third-order valence-electron chi connectivity index (χ3n) is 3.29. The molecule has 0 amide bonds. The quantitative estimate of drug-likeness (QED) is 0.762. The van der Waals surface area contributed by atoms with Crippen LogP contribution in [-0.2, 0) is 6.54 Å². The molecule has 0 saturated heterocycles. The van der Waals surface area contributed by atoms with E-state index in [0.29, 0.717) is 29.7 Å². The molecule has 1 aromatic rings. The van der Waals surface area contributed by atoms with Crippen molar-refractivity contribution in [2.24, 2.45) is 5.92 Å². The monoisotopic (exact) mass is 283 g/mol. The van der Waals surface area contributed by atoms with Crippen LogP contribution >= 0.6 is 0 Å². The average Bonchev–Trinajstić information content (AvgIpc) is 2.46. The molecular formula is C15H25NO4. The summed E-state index contributed by atoms with van der Waals surface area (Å²) in [4.78, 5) is 0. The van der Waals surface area contributed by atoms with Crippen LogP contribution in [0.4, 0.5) is 0 Å². The number of ether oxygens (including phenoxy) is 3. The first-order valence-corrected chi connectivity index (χ1v) is 6.70. The lowest BCUT2D eigenvalue weighted by atomic mass is 10.0. The molecule has 0 aliphatic rings. The Morgan fingerprint density at radius 2 is 1.60 bits per heavy atom. The van der Waals surface area contributed by atoms with Crippen molar-refractivity contribution in [3.63, 3.8) is 0 Å². The van der Waals surface area contributed by atoms with Crippen molar-refractivity contribution in [3.8, 4) is 17.2 Å². The number of hydrogen-bond donors (Lipinski definition) is 2. The average molecular weight is 283 g/mol. The molecule has 5 nitrogen and oxygen atoms in total. The zero-order chi connectivity index (χ0) is 15.1. The van der Waals surface area contributed by atoms with Crippen LogP contribution in [0.15, 0.2) is 12.1 Å². The first-order chi connectivity index (χ1) is 9.57. The molecule has 0 aromatic heterocycles. The first kappa shape index (κ1) is 16.6. The first-order valence-electron chi connectivity index (χ1n) is 6.70. The summed E-state index contributed by atoms with van der Waals surface area (Å²) < 4.78 is 15.9. The highest BCUT2D eigenvalue weighted by Crippen LogP contribution is 2.38. The second-order valence-corrected chi connectivity index (χ2v) is 4.95. The molecule has 5 heteroatoms. The summed E-state index contributed by atoms with van der Waals surface area (Å²) in [5.41, 5.74) is 1.01. The van der Waals surface area contributed by atoms with Crippen molar-refractivity contribution in [2.45, 2.75) is 26.4 Å². The predicted molar refractivity (Wildman–Crippen MR) is 78.6 cm³/mol. The van der Waals surface area contributed by atoms with Gasteiger partial charge in [0.15, 0.2) is 11.5 Å². The van der Waals surface area contributed by atoms with E-state index in [1.807, 2.05) is 12.1 Å². The molecule has 1 atom stereocenters. The summed E-state index contributed by atoms with van der Waals surface area (Å²) in [5.74, 6) is 2.21. The number of aliphatic hydroxyl groups excluding tert-OH is 1. The highest BCUT2D eigenvalue weighted by atomic mass is 16.5. The van der Waals surface area contributed by atoms with E-state index in [-0.39, 0.29) is 12.6 Å². The van der Waals surface area contributed by atoms with E-state index in [9.17, 15) is 5.11 Å². The molecule has 114 valence electrons. The standard InChI is InChI=1S/C15H25NO4/c1-10(2)12(9-17)16-8-11-6-13(18-3)15(20-5)14(7-11)19-4/h6-7,10,12,16-17H,8-9H2,1-5H3. The highest BCUT2D eigenvalue weighted by molar-refractivity contribution is 5.53. The Kier molecular flexibility index (Phi) is 6.61. The summed E-state index contributed by atoms with van der Waals surface area (Å²) in [6.45, 7) is 4.88. The second kappa shape index (κ2) is 7.97. The maximum atomic E-state index is 9.33. The van der Waals surface area contributed by atoms with Gasteiger partial charge in [-0.1, -0.05) is 13.8 Å². The Bertz CT molecular complexity index is 395. The van der Waals surface area contributed by atoms with Gasteiger partial charge in [-0.3, -0.25) is 0 Å². The summed E-state index contributed by atoms with van der Waals surface area (Å²) in [5, 5.41) is 12.6. The van der Waals surface area contributed by atoms with Gasteiger partial charge in [-0.05, 0) is 23.6 Å². The van der Waals surface area contributed by atoms with Crippen molar-refractivity contribution < 1.29 is 19.3 Å². The molecule has 0 aliphatic carbocycles. The summed E-state index contributed by atoms with van der Waals surface area (Å²) >= 11 is 0. The minimum absolute atomic E-state index is 0.0640. The van der Waals surface area contributed by atoms with Gasteiger partial charge in [-0.15, -0.1) is 0 Å². The molecule has 1 aromatic carbocycles. The van der Waals surface area contributed by atoms with Crippen LogP contribution < -0.4 is 19.5 Å². The third kappa shape index (κ3) is 4.02. The molecule has 1 unspecified atom stereocenters. The van der Waals surface area contributed by atoms with Crippen molar-refractivity contribution >= 4 is 0 Å². The minimum Gasteiger partial charge on any atom is -0.493 e. The van der Waals surface area contributed by atoms with Crippen LogP contribution in [0.5, 0.6) is 17.2 Å². The van der Waals surface area contributed by atoms with Crippen molar-refractivity contribution in [1.82, 2.24) is 5.32 Å². The Morgan fingerprint density at radius 1 is 1.05 bits per heavy atom.